The fourth-order valence-electron chi connectivity index (χ4n) is 1.83. The molecule has 22 heavy (non-hydrogen) atoms. The van der Waals surface area contributed by atoms with Crippen molar-refractivity contribution in [2.24, 2.45) is 0 Å². The fraction of sp³-hybridized carbons (Fsp3) is 0.286. The summed E-state index contributed by atoms with van der Waals surface area (Å²) in [6, 6.07) is 4.44. The molecule has 8 heteroatoms. The second-order valence-electron chi connectivity index (χ2n) is 4.97. The summed E-state index contributed by atoms with van der Waals surface area (Å²) in [4.78, 5) is 29.9. The van der Waals surface area contributed by atoms with Crippen molar-refractivity contribution in [1.29, 1.82) is 0 Å². The highest BCUT2D eigenvalue weighted by Gasteiger charge is 2.22. The van der Waals surface area contributed by atoms with Crippen molar-refractivity contribution in [2.75, 3.05) is 24.3 Å². The quantitative estimate of drug-likeness (QED) is 0.691. The van der Waals surface area contributed by atoms with Gasteiger partial charge in [-0.05, 0) is 26.0 Å². The molecule has 0 unspecified atom stereocenters. The molecule has 0 bridgehead atoms. The maximum absolute atomic E-state index is 12.4. The summed E-state index contributed by atoms with van der Waals surface area (Å²) in [5, 5.41) is 14.2. The number of hydrogen-bond acceptors (Lipinski definition) is 6. The fourth-order valence-corrected chi connectivity index (χ4v) is 2.64. The number of aromatic nitrogens is 1. The lowest BCUT2D eigenvalue weighted by atomic mass is 10.1. The molecule has 1 aromatic carbocycles. The van der Waals surface area contributed by atoms with Gasteiger partial charge in [0.25, 0.3) is 11.6 Å². The van der Waals surface area contributed by atoms with Gasteiger partial charge in [-0.15, -0.1) is 11.3 Å². The molecule has 116 valence electrons. The first-order valence-electron chi connectivity index (χ1n) is 6.50. The summed E-state index contributed by atoms with van der Waals surface area (Å²) in [6.45, 7) is 3.74. The van der Waals surface area contributed by atoms with Gasteiger partial charge >= 0.3 is 0 Å². The minimum absolute atomic E-state index is 0.0155. The van der Waals surface area contributed by atoms with Crippen LogP contribution in [0, 0.1) is 24.0 Å². The van der Waals surface area contributed by atoms with E-state index in [9.17, 15) is 14.9 Å². The number of amides is 1. The molecule has 0 aliphatic heterocycles. The summed E-state index contributed by atoms with van der Waals surface area (Å²) in [5.41, 5.74) is 1.33. The van der Waals surface area contributed by atoms with Gasteiger partial charge in [0.2, 0.25) is 0 Å². The Morgan fingerprint density at radius 1 is 1.36 bits per heavy atom. The lowest BCUT2D eigenvalue weighted by molar-refractivity contribution is -0.385. The van der Waals surface area contributed by atoms with Gasteiger partial charge in [-0.1, -0.05) is 0 Å². The van der Waals surface area contributed by atoms with E-state index in [0.717, 1.165) is 10.6 Å². The van der Waals surface area contributed by atoms with E-state index in [4.69, 9.17) is 0 Å². The number of nitrogens with zero attached hydrogens (tertiary/aromatic N) is 3. The third-order valence-corrected chi connectivity index (χ3v) is 4.18. The monoisotopic (exact) mass is 320 g/mol. The molecule has 1 heterocycles. The van der Waals surface area contributed by atoms with Gasteiger partial charge in [0.05, 0.1) is 10.6 Å². The first kappa shape index (κ1) is 15.9. The van der Waals surface area contributed by atoms with Crippen LogP contribution in [-0.2, 0) is 0 Å². The van der Waals surface area contributed by atoms with Crippen LogP contribution in [0.4, 0.5) is 16.5 Å². The van der Waals surface area contributed by atoms with Crippen LogP contribution in [0.5, 0.6) is 0 Å². The zero-order chi connectivity index (χ0) is 16.4. The standard InChI is InChI=1S/C14H16N4O3S/c1-8-9(2)22-14(15-8)16-13(19)11-7-10(17(3)4)5-6-12(11)18(20)21/h5-7H,1-4H3,(H,15,16,19). The third-order valence-electron chi connectivity index (χ3n) is 3.19. The van der Waals surface area contributed by atoms with Crippen molar-refractivity contribution < 1.29 is 9.72 Å². The van der Waals surface area contributed by atoms with E-state index < -0.39 is 10.8 Å². The predicted molar refractivity (Wildman–Crippen MR) is 87.0 cm³/mol. The van der Waals surface area contributed by atoms with Crippen molar-refractivity contribution in [2.45, 2.75) is 13.8 Å². The highest BCUT2D eigenvalue weighted by atomic mass is 32.1. The lowest BCUT2D eigenvalue weighted by Crippen LogP contribution is -2.16. The molecule has 7 nitrogen and oxygen atoms in total. The number of nitrogens with one attached hydrogen (secondary N) is 1. The lowest BCUT2D eigenvalue weighted by Gasteiger charge is -2.13. The van der Waals surface area contributed by atoms with Gasteiger partial charge in [-0.25, -0.2) is 4.98 Å². The smallest absolute Gasteiger partial charge is 0.282 e. The van der Waals surface area contributed by atoms with Crippen LogP contribution in [0.3, 0.4) is 0 Å². The average Bonchev–Trinajstić information content (AvgIpc) is 2.76. The molecule has 2 rings (SSSR count). The van der Waals surface area contributed by atoms with Gasteiger partial charge < -0.3 is 4.90 Å². The molecule has 0 aliphatic carbocycles. The number of carbonyl (C=O) groups excluding carboxylic acids is 1. The number of anilines is 2. The van der Waals surface area contributed by atoms with E-state index in [-0.39, 0.29) is 11.3 Å². The molecule has 0 saturated heterocycles. The summed E-state index contributed by atoms with van der Waals surface area (Å²) < 4.78 is 0. The maximum atomic E-state index is 12.4. The Morgan fingerprint density at radius 2 is 2.05 bits per heavy atom. The van der Waals surface area contributed by atoms with Crippen molar-refractivity contribution in [3.63, 3.8) is 0 Å². The van der Waals surface area contributed by atoms with E-state index in [1.165, 1.54) is 23.5 Å². The van der Waals surface area contributed by atoms with Gasteiger partial charge in [0.1, 0.15) is 5.56 Å². The predicted octanol–water partition coefficient (Wildman–Crippen LogP) is 2.99. The van der Waals surface area contributed by atoms with E-state index in [1.54, 1.807) is 25.1 Å². The number of aryl methyl sites for hydroxylation is 2. The average molecular weight is 320 g/mol. The Kier molecular flexibility index (Phi) is 4.41. The van der Waals surface area contributed by atoms with Crippen LogP contribution in [0.25, 0.3) is 0 Å². The number of thiazole rings is 1. The molecule has 0 aliphatic rings. The molecular weight excluding hydrogens is 304 g/mol. The normalized spacial score (nSPS) is 10.4. The highest BCUT2D eigenvalue weighted by Crippen LogP contribution is 2.27. The number of carbonyl (C=O) groups is 1. The Hall–Kier alpha value is -2.48. The Balaban J connectivity index is 2.38. The maximum Gasteiger partial charge on any atom is 0.282 e. The number of hydrogen-bond donors (Lipinski definition) is 1. The van der Waals surface area contributed by atoms with E-state index >= 15 is 0 Å². The van der Waals surface area contributed by atoms with Crippen LogP contribution in [0.1, 0.15) is 20.9 Å². The van der Waals surface area contributed by atoms with E-state index in [2.05, 4.69) is 10.3 Å². The molecule has 0 fully saturated rings. The van der Waals surface area contributed by atoms with Gasteiger partial charge in [0, 0.05) is 30.7 Å². The molecule has 1 amide bonds. The summed E-state index contributed by atoms with van der Waals surface area (Å²) in [6.07, 6.45) is 0. The molecule has 2 aromatic rings. The minimum atomic E-state index is -0.563. The van der Waals surface area contributed by atoms with E-state index in [1.807, 2.05) is 13.8 Å². The molecule has 1 N–H and O–H groups in total. The van der Waals surface area contributed by atoms with Crippen molar-refractivity contribution in [1.82, 2.24) is 4.98 Å². The van der Waals surface area contributed by atoms with Crippen LogP contribution in [0.15, 0.2) is 18.2 Å². The van der Waals surface area contributed by atoms with Gasteiger partial charge in [-0.2, -0.15) is 0 Å². The summed E-state index contributed by atoms with van der Waals surface area (Å²) in [7, 11) is 3.60. The van der Waals surface area contributed by atoms with Crippen LogP contribution in [0.2, 0.25) is 0 Å². The van der Waals surface area contributed by atoms with Crippen LogP contribution < -0.4 is 10.2 Å². The second-order valence-corrected chi connectivity index (χ2v) is 6.17. The van der Waals surface area contributed by atoms with Crippen molar-refractivity contribution in [3.05, 3.63) is 44.4 Å². The summed E-state index contributed by atoms with van der Waals surface area (Å²) >= 11 is 1.34. The Labute approximate surface area is 131 Å². The zero-order valence-corrected chi connectivity index (χ0v) is 13.5. The van der Waals surface area contributed by atoms with Gasteiger partial charge in [0.15, 0.2) is 5.13 Å². The Morgan fingerprint density at radius 3 is 2.55 bits per heavy atom. The largest absolute Gasteiger partial charge is 0.378 e. The zero-order valence-electron chi connectivity index (χ0n) is 12.7. The molecule has 0 atom stereocenters. The first-order valence-corrected chi connectivity index (χ1v) is 7.32. The minimum Gasteiger partial charge on any atom is -0.378 e. The topological polar surface area (TPSA) is 88.4 Å². The number of rotatable bonds is 4. The van der Waals surface area contributed by atoms with Crippen molar-refractivity contribution in [3.8, 4) is 0 Å². The van der Waals surface area contributed by atoms with Crippen LogP contribution in [-0.4, -0.2) is 29.9 Å². The summed E-state index contributed by atoms with van der Waals surface area (Å²) in [5.74, 6) is -0.538. The first-order chi connectivity index (χ1) is 10.3. The number of benzene rings is 1. The number of nitro groups is 1. The van der Waals surface area contributed by atoms with E-state index in [0.29, 0.717) is 10.8 Å². The highest BCUT2D eigenvalue weighted by molar-refractivity contribution is 7.15. The third kappa shape index (κ3) is 3.22. The molecule has 1 aromatic heterocycles. The second kappa shape index (κ2) is 6.10. The van der Waals surface area contributed by atoms with Crippen LogP contribution >= 0.6 is 11.3 Å². The molecule has 0 radical (unpaired) electrons. The number of nitro benzene ring substituents is 1. The molecule has 0 saturated carbocycles. The molecule has 0 spiro atoms. The van der Waals surface area contributed by atoms with Gasteiger partial charge in [-0.3, -0.25) is 20.2 Å². The molecular formula is C14H16N4O3S. The van der Waals surface area contributed by atoms with Crippen molar-refractivity contribution >= 4 is 33.8 Å². The SMILES string of the molecule is Cc1nc(NC(=O)c2cc(N(C)C)ccc2[N+](=O)[O-])sc1C. The Bertz CT molecular complexity index is 720.